The molecule has 1 aromatic carbocycles. The van der Waals surface area contributed by atoms with Gasteiger partial charge in [-0.3, -0.25) is 0 Å². The minimum atomic E-state index is -4.86. The zero-order valence-corrected chi connectivity index (χ0v) is 13.5. The number of aliphatic hydroxyl groups excluding tert-OH is 1. The molecule has 0 aliphatic carbocycles. The van der Waals surface area contributed by atoms with Crippen LogP contribution in [0.15, 0.2) is 18.2 Å². The third-order valence-electron chi connectivity index (χ3n) is 2.46. The fraction of sp³-hybridized carbons (Fsp3) is 0.500. The van der Waals surface area contributed by atoms with Gasteiger partial charge in [0.15, 0.2) is 0 Å². The lowest BCUT2D eigenvalue weighted by atomic mass is 10.1. The standard InChI is InChI=1S/C14H17ClF3NO4/c1-13(2,3)23-12(21)19-10(7-20)8-4-5-11(9(15)6-8)22-14(16,17)18/h4-6,10,20H,7H2,1-3H3,(H,19,21)/t10-/m1/s1. The number of alkyl carbamates (subject to hydrolysis) is 1. The van der Waals surface area contributed by atoms with Gasteiger partial charge in [0.1, 0.15) is 11.4 Å². The number of benzene rings is 1. The van der Waals surface area contributed by atoms with Crippen LogP contribution in [-0.4, -0.2) is 29.8 Å². The van der Waals surface area contributed by atoms with E-state index in [-0.39, 0.29) is 5.02 Å². The maximum atomic E-state index is 12.2. The van der Waals surface area contributed by atoms with Crippen molar-refractivity contribution in [2.24, 2.45) is 0 Å². The molecule has 130 valence electrons. The summed E-state index contributed by atoms with van der Waals surface area (Å²) in [5.74, 6) is -0.572. The molecule has 0 aliphatic rings. The third-order valence-corrected chi connectivity index (χ3v) is 2.75. The number of ether oxygens (including phenoxy) is 2. The molecular formula is C14H17ClF3NO4. The summed E-state index contributed by atoms with van der Waals surface area (Å²) in [5, 5.41) is 11.4. The molecule has 0 saturated heterocycles. The predicted molar refractivity (Wildman–Crippen MR) is 77.3 cm³/mol. The zero-order valence-electron chi connectivity index (χ0n) is 12.7. The van der Waals surface area contributed by atoms with Gasteiger partial charge < -0.3 is 19.9 Å². The fourth-order valence-electron chi connectivity index (χ4n) is 1.63. The third kappa shape index (κ3) is 6.96. The Hall–Kier alpha value is -1.67. The molecule has 2 N–H and O–H groups in total. The number of carbonyl (C=O) groups excluding carboxylic acids is 1. The maximum absolute atomic E-state index is 12.2. The van der Waals surface area contributed by atoms with Gasteiger partial charge in [-0.25, -0.2) is 4.79 Å². The molecule has 23 heavy (non-hydrogen) atoms. The number of hydrogen-bond acceptors (Lipinski definition) is 4. The Balaban J connectivity index is 2.87. The van der Waals surface area contributed by atoms with Crippen molar-refractivity contribution < 1.29 is 32.5 Å². The van der Waals surface area contributed by atoms with Gasteiger partial charge in [0.05, 0.1) is 17.7 Å². The number of aliphatic hydroxyl groups is 1. The lowest BCUT2D eigenvalue weighted by molar-refractivity contribution is -0.274. The zero-order chi connectivity index (χ0) is 17.8. The van der Waals surface area contributed by atoms with Crippen molar-refractivity contribution >= 4 is 17.7 Å². The Bertz CT molecular complexity index is 558. The van der Waals surface area contributed by atoms with E-state index < -0.39 is 36.5 Å². The second-order valence-electron chi connectivity index (χ2n) is 5.62. The number of rotatable bonds is 4. The highest BCUT2D eigenvalue weighted by molar-refractivity contribution is 6.32. The van der Waals surface area contributed by atoms with E-state index in [1.165, 1.54) is 12.1 Å². The van der Waals surface area contributed by atoms with Crippen molar-refractivity contribution in [2.45, 2.75) is 38.8 Å². The van der Waals surface area contributed by atoms with Gasteiger partial charge in [0.2, 0.25) is 0 Å². The number of carbonyl (C=O) groups is 1. The van der Waals surface area contributed by atoms with Crippen LogP contribution in [0.25, 0.3) is 0 Å². The normalized spacial score (nSPS) is 13.4. The van der Waals surface area contributed by atoms with E-state index in [0.717, 1.165) is 6.07 Å². The highest BCUT2D eigenvalue weighted by Gasteiger charge is 2.32. The molecule has 0 radical (unpaired) electrons. The van der Waals surface area contributed by atoms with Gasteiger partial charge in [-0.1, -0.05) is 17.7 Å². The van der Waals surface area contributed by atoms with Crippen LogP contribution in [0.1, 0.15) is 32.4 Å². The quantitative estimate of drug-likeness (QED) is 0.862. The van der Waals surface area contributed by atoms with Crippen LogP contribution >= 0.6 is 11.6 Å². The van der Waals surface area contributed by atoms with Gasteiger partial charge in [-0.05, 0) is 38.5 Å². The van der Waals surface area contributed by atoms with Crippen molar-refractivity contribution in [3.63, 3.8) is 0 Å². The number of halogens is 4. The highest BCUT2D eigenvalue weighted by atomic mass is 35.5. The largest absolute Gasteiger partial charge is 0.573 e. The molecule has 0 saturated carbocycles. The Morgan fingerprint density at radius 3 is 2.39 bits per heavy atom. The minimum Gasteiger partial charge on any atom is -0.444 e. The molecule has 0 aromatic heterocycles. The smallest absolute Gasteiger partial charge is 0.444 e. The van der Waals surface area contributed by atoms with Crippen molar-refractivity contribution in [3.8, 4) is 5.75 Å². The summed E-state index contributed by atoms with van der Waals surface area (Å²) < 4.78 is 45.3. The number of alkyl halides is 3. The molecule has 0 unspecified atom stereocenters. The Labute approximate surface area is 136 Å². The summed E-state index contributed by atoms with van der Waals surface area (Å²) in [7, 11) is 0. The Kier molecular flexibility index (Phi) is 6.12. The summed E-state index contributed by atoms with van der Waals surface area (Å²) in [4.78, 5) is 11.7. The van der Waals surface area contributed by atoms with Crippen LogP contribution in [0.4, 0.5) is 18.0 Å². The van der Waals surface area contributed by atoms with Gasteiger partial charge in [-0.2, -0.15) is 0 Å². The number of amides is 1. The topological polar surface area (TPSA) is 67.8 Å². The van der Waals surface area contributed by atoms with Gasteiger partial charge >= 0.3 is 12.5 Å². The molecule has 9 heteroatoms. The summed E-state index contributed by atoms with van der Waals surface area (Å²) >= 11 is 5.73. The summed E-state index contributed by atoms with van der Waals surface area (Å²) in [5.41, 5.74) is -0.426. The minimum absolute atomic E-state index is 0.302. The highest BCUT2D eigenvalue weighted by Crippen LogP contribution is 2.32. The summed E-state index contributed by atoms with van der Waals surface area (Å²) in [6.45, 7) is 4.51. The molecule has 1 rings (SSSR count). The van der Waals surface area contributed by atoms with E-state index in [1.54, 1.807) is 20.8 Å². The van der Waals surface area contributed by atoms with E-state index in [4.69, 9.17) is 16.3 Å². The van der Waals surface area contributed by atoms with Crippen molar-refractivity contribution in [2.75, 3.05) is 6.61 Å². The van der Waals surface area contributed by atoms with Gasteiger partial charge in [0, 0.05) is 0 Å². The van der Waals surface area contributed by atoms with E-state index in [1.807, 2.05) is 0 Å². The van der Waals surface area contributed by atoms with Crippen molar-refractivity contribution in [3.05, 3.63) is 28.8 Å². The van der Waals surface area contributed by atoms with Gasteiger partial charge in [0.25, 0.3) is 0 Å². The molecule has 0 aliphatic heterocycles. The monoisotopic (exact) mass is 355 g/mol. The molecule has 1 atom stereocenters. The second-order valence-corrected chi connectivity index (χ2v) is 6.03. The predicted octanol–water partition coefficient (Wildman–Crippen LogP) is 3.80. The summed E-state index contributed by atoms with van der Waals surface area (Å²) in [6, 6.07) is 2.54. The first-order valence-electron chi connectivity index (χ1n) is 6.57. The lowest BCUT2D eigenvalue weighted by Crippen LogP contribution is -2.36. The molecular weight excluding hydrogens is 339 g/mol. The lowest BCUT2D eigenvalue weighted by Gasteiger charge is -2.23. The molecule has 0 spiro atoms. The average molecular weight is 356 g/mol. The Morgan fingerprint density at radius 1 is 1.35 bits per heavy atom. The molecule has 1 amide bonds. The molecule has 0 fully saturated rings. The van der Waals surface area contributed by atoms with Crippen molar-refractivity contribution in [1.29, 1.82) is 0 Å². The first-order valence-corrected chi connectivity index (χ1v) is 6.94. The number of nitrogens with one attached hydrogen (secondary N) is 1. The van der Waals surface area contributed by atoms with E-state index >= 15 is 0 Å². The van der Waals surface area contributed by atoms with Crippen LogP contribution in [0, 0.1) is 0 Å². The van der Waals surface area contributed by atoms with Crippen LogP contribution in [0.3, 0.4) is 0 Å². The first-order chi connectivity index (χ1) is 10.4. The van der Waals surface area contributed by atoms with E-state index in [0.29, 0.717) is 5.56 Å². The SMILES string of the molecule is CC(C)(C)OC(=O)N[C@H](CO)c1ccc(OC(F)(F)F)c(Cl)c1. The molecule has 0 heterocycles. The second kappa shape index (κ2) is 7.27. The average Bonchev–Trinajstić information content (AvgIpc) is 2.35. The van der Waals surface area contributed by atoms with E-state index in [2.05, 4.69) is 10.1 Å². The van der Waals surface area contributed by atoms with Crippen LogP contribution in [0.2, 0.25) is 5.02 Å². The Morgan fingerprint density at radius 2 is 1.96 bits per heavy atom. The molecule has 5 nitrogen and oxygen atoms in total. The summed E-state index contributed by atoms with van der Waals surface area (Å²) in [6.07, 6.45) is -5.64. The van der Waals surface area contributed by atoms with Crippen molar-refractivity contribution in [1.82, 2.24) is 5.32 Å². The fourth-order valence-corrected chi connectivity index (χ4v) is 1.85. The van der Waals surface area contributed by atoms with Crippen LogP contribution < -0.4 is 10.1 Å². The maximum Gasteiger partial charge on any atom is 0.573 e. The number of hydrogen-bond donors (Lipinski definition) is 2. The molecule has 1 aromatic rings. The molecule has 0 bridgehead atoms. The van der Waals surface area contributed by atoms with E-state index in [9.17, 15) is 23.1 Å². The van der Waals surface area contributed by atoms with Gasteiger partial charge in [-0.15, -0.1) is 13.2 Å². The first kappa shape index (κ1) is 19.4. The van der Waals surface area contributed by atoms with Crippen LogP contribution in [-0.2, 0) is 4.74 Å². The van der Waals surface area contributed by atoms with Crippen LogP contribution in [0.5, 0.6) is 5.75 Å².